The topological polar surface area (TPSA) is 17.0 Å². The summed E-state index contributed by atoms with van der Waals surface area (Å²) in [5.74, 6) is 0. The molecule has 0 fully saturated rings. The molecule has 32 heavy (non-hydrogen) atoms. The minimum absolute atomic E-state index is 0.126. The van der Waals surface area contributed by atoms with Gasteiger partial charge in [-0.05, 0) is 48.4 Å². The first kappa shape index (κ1) is 10.5. The van der Waals surface area contributed by atoms with E-state index in [0.29, 0.717) is 44.3 Å². The van der Waals surface area contributed by atoms with Crippen LogP contribution in [0.5, 0.6) is 0 Å². The molecule has 0 radical (unpaired) electrons. The Hall–Kier alpha value is -3.39. The number of benzene rings is 3. The Morgan fingerprint density at radius 2 is 1.56 bits per heavy atom. The van der Waals surface area contributed by atoms with E-state index in [-0.39, 0.29) is 22.3 Å². The van der Waals surface area contributed by atoms with E-state index >= 15 is 0 Å². The van der Waals surface area contributed by atoms with Gasteiger partial charge in [-0.1, -0.05) is 62.2 Å². The Morgan fingerprint density at radius 1 is 0.812 bits per heavy atom. The highest BCUT2D eigenvalue weighted by Crippen LogP contribution is 2.52. The number of aromatic nitrogens is 1. The molecular formula is C30H28NO+. The van der Waals surface area contributed by atoms with Gasteiger partial charge in [0.2, 0.25) is 5.69 Å². The first-order valence-corrected chi connectivity index (χ1v) is 10.4. The van der Waals surface area contributed by atoms with E-state index in [0.717, 1.165) is 5.56 Å². The number of nitrogens with zero attached hydrogens (tertiary/aromatic N) is 1. The predicted octanol–water partition coefficient (Wildman–Crippen LogP) is 7.31. The number of pyridine rings is 1. The number of hydrogen-bond acceptors (Lipinski definition) is 1. The number of furan rings is 1. The van der Waals surface area contributed by atoms with Crippen LogP contribution >= 0.6 is 0 Å². The minimum atomic E-state index is -2.93. The second kappa shape index (κ2) is 6.32. The molecule has 158 valence electrons. The molecule has 0 unspecified atom stereocenters. The molecule has 1 aliphatic rings. The fraction of sp³-hybridized carbons (Fsp3) is 0.233. The van der Waals surface area contributed by atoms with Crippen LogP contribution in [0.3, 0.4) is 0 Å². The first-order valence-electron chi connectivity index (χ1n) is 16.4. The molecular weight excluding hydrogens is 390 g/mol. The third-order valence-corrected chi connectivity index (χ3v) is 6.55. The largest absolute Gasteiger partial charge is 0.454 e. The third kappa shape index (κ3) is 2.38. The maximum atomic E-state index is 8.49. The Bertz CT molecular complexity index is 1980. The van der Waals surface area contributed by atoms with Crippen LogP contribution in [0.4, 0.5) is 0 Å². The van der Waals surface area contributed by atoms with Crippen molar-refractivity contribution in [2.75, 3.05) is 0 Å². The normalized spacial score (nSPS) is 21.3. The zero-order chi connectivity index (χ0) is 32.4. The number of hydrogen-bond donors (Lipinski definition) is 0. The van der Waals surface area contributed by atoms with Gasteiger partial charge in [-0.3, -0.25) is 0 Å². The molecule has 3 aromatic carbocycles. The lowest BCUT2D eigenvalue weighted by molar-refractivity contribution is -0.660. The molecule has 0 aliphatic heterocycles. The number of aryl methyl sites for hydroxylation is 4. The summed E-state index contributed by atoms with van der Waals surface area (Å²) in [6.45, 7) is -9.40. The van der Waals surface area contributed by atoms with Gasteiger partial charge in [0.05, 0.1) is 5.56 Å². The van der Waals surface area contributed by atoms with E-state index in [1.54, 1.807) is 48.0 Å². The molecule has 2 heteroatoms. The van der Waals surface area contributed by atoms with Crippen LogP contribution in [0, 0.1) is 20.6 Å². The van der Waals surface area contributed by atoms with Gasteiger partial charge in [0, 0.05) is 49.8 Å². The van der Waals surface area contributed by atoms with Crippen LogP contribution in [0.25, 0.3) is 44.3 Å². The van der Waals surface area contributed by atoms with Crippen molar-refractivity contribution in [3.63, 3.8) is 0 Å². The van der Waals surface area contributed by atoms with Crippen molar-refractivity contribution in [1.29, 1.82) is 0 Å². The quantitative estimate of drug-likeness (QED) is 0.255. The average Bonchev–Trinajstić information content (AvgIpc) is 3.41. The van der Waals surface area contributed by atoms with E-state index in [9.17, 15) is 0 Å². The molecule has 1 aliphatic carbocycles. The van der Waals surface area contributed by atoms with Crippen molar-refractivity contribution in [2.24, 2.45) is 7.05 Å². The predicted molar refractivity (Wildman–Crippen MR) is 132 cm³/mol. The van der Waals surface area contributed by atoms with Crippen molar-refractivity contribution in [2.45, 2.75) is 39.7 Å². The summed E-state index contributed by atoms with van der Waals surface area (Å²) < 4.78 is 107. The lowest BCUT2D eigenvalue weighted by atomic mass is 9.82. The summed E-state index contributed by atoms with van der Waals surface area (Å²) in [7, 11) is 1.63. The first-order chi connectivity index (χ1) is 20.2. The SMILES string of the molecule is [2H]C([2H])([2H])c1cc(-c2c(C)ccc3c2oc2c4c(ccc23)C(C([2H])([2H])[2H])(C([2H])([2H])[2H])c2ccccc2-4)[n+](C)cc1C([2H])([2H])[2H]. The van der Waals surface area contributed by atoms with E-state index in [1.165, 1.54) is 12.3 Å². The number of rotatable bonds is 1. The van der Waals surface area contributed by atoms with Crippen molar-refractivity contribution < 1.29 is 25.4 Å². The highest BCUT2D eigenvalue weighted by Gasteiger charge is 2.37. The van der Waals surface area contributed by atoms with Gasteiger partial charge in [0.25, 0.3) is 0 Å². The van der Waals surface area contributed by atoms with E-state index < -0.39 is 32.8 Å². The van der Waals surface area contributed by atoms with Crippen LogP contribution in [-0.2, 0) is 12.5 Å². The monoisotopic (exact) mass is 430 g/mol. The Labute approximate surface area is 206 Å². The van der Waals surface area contributed by atoms with Crippen LogP contribution in [-0.4, -0.2) is 0 Å². The van der Waals surface area contributed by atoms with Crippen molar-refractivity contribution in [1.82, 2.24) is 0 Å². The summed E-state index contributed by atoms with van der Waals surface area (Å²) in [5.41, 5.74) is 0.617. The molecule has 0 saturated heterocycles. The molecule has 0 saturated carbocycles. The van der Waals surface area contributed by atoms with Gasteiger partial charge in [-0.25, -0.2) is 4.57 Å². The van der Waals surface area contributed by atoms with Crippen molar-refractivity contribution >= 4 is 21.9 Å². The molecule has 2 nitrogen and oxygen atoms in total. The summed E-state index contributed by atoms with van der Waals surface area (Å²) in [4.78, 5) is 0. The van der Waals surface area contributed by atoms with Crippen molar-refractivity contribution in [3.8, 4) is 22.4 Å². The van der Waals surface area contributed by atoms with Gasteiger partial charge in [0.1, 0.15) is 18.2 Å². The second-order valence-electron chi connectivity index (χ2n) is 8.49. The zero-order valence-electron chi connectivity index (χ0n) is 29.6. The highest BCUT2D eigenvalue weighted by atomic mass is 16.3. The fourth-order valence-electron chi connectivity index (χ4n) is 4.97. The molecule has 0 atom stereocenters. The minimum Gasteiger partial charge on any atom is -0.454 e. The average molecular weight is 431 g/mol. The molecule has 0 bridgehead atoms. The van der Waals surface area contributed by atoms with E-state index in [1.807, 2.05) is 19.1 Å². The Balaban J connectivity index is 1.74. The van der Waals surface area contributed by atoms with Gasteiger partial charge >= 0.3 is 0 Å². The second-order valence-corrected chi connectivity index (χ2v) is 8.49. The lowest BCUT2D eigenvalue weighted by Crippen LogP contribution is -2.31. The molecule has 2 aromatic heterocycles. The third-order valence-electron chi connectivity index (χ3n) is 6.55. The lowest BCUT2D eigenvalue weighted by Gasteiger charge is -2.21. The molecule has 0 amide bonds. The molecule has 0 N–H and O–H groups in total. The summed E-state index contributed by atoms with van der Waals surface area (Å²) in [6.07, 6.45) is 1.31. The van der Waals surface area contributed by atoms with Gasteiger partial charge in [-0.2, -0.15) is 0 Å². The Kier molecular flexibility index (Phi) is 2.07. The summed E-state index contributed by atoms with van der Waals surface area (Å²) in [5, 5.41) is 1.27. The van der Waals surface area contributed by atoms with Crippen LogP contribution in [0.2, 0.25) is 0 Å². The summed E-state index contributed by atoms with van der Waals surface area (Å²) in [6, 6.07) is 14.9. The van der Waals surface area contributed by atoms with Crippen LogP contribution < -0.4 is 4.57 Å². The smallest absolute Gasteiger partial charge is 0.216 e. The summed E-state index contributed by atoms with van der Waals surface area (Å²) >= 11 is 0. The molecule has 2 heterocycles. The van der Waals surface area contributed by atoms with Gasteiger partial charge in [0.15, 0.2) is 6.20 Å². The molecule has 5 aromatic rings. The Morgan fingerprint density at radius 3 is 2.34 bits per heavy atom. The van der Waals surface area contributed by atoms with Crippen LogP contribution in [0.1, 0.15) is 58.0 Å². The number of fused-ring (bicyclic) bond motifs is 7. The maximum Gasteiger partial charge on any atom is 0.216 e. The zero-order valence-corrected chi connectivity index (χ0v) is 17.6. The van der Waals surface area contributed by atoms with E-state index in [2.05, 4.69) is 0 Å². The van der Waals surface area contributed by atoms with Gasteiger partial charge < -0.3 is 4.42 Å². The standard InChI is InChI=1S/C30H28NO/c1-17-11-12-20-21-13-14-24-27(22-9-7-8-10-23(22)30(24,4)5)29(21)32-28(20)26(17)25-15-18(2)19(3)16-31(25)6/h7-16H,1-6H3/q+1/i2D3,3D3,4D3,5D3. The highest BCUT2D eigenvalue weighted by molar-refractivity contribution is 6.14. The fourth-order valence-corrected chi connectivity index (χ4v) is 4.97. The molecule has 0 spiro atoms. The van der Waals surface area contributed by atoms with Crippen molar-refractivity contribution in [3.05, 3.63) is 88.6 Å². The van der Waals surface area contributed by atoms with Crippen LogP contribution in [0.15, 0.2) is 65.2 Å². The van der Waals surface area contributed by atoms with Gasteiger partial charge in [-0.15, -0.1) is 0 Å². The maximum absolute atomic E-state index is 8.49. The molecule has 6 rings (SSSR count). The van der Waals surface area contributed by atoms with E-state index in [4.69, 9.17) is 20.9 Å².